The van der Waals surface area contributed by atoms with Crippen LogP contribution in [0.2, 0.25) is 0 Å². The third kappa shape index (κ3) is 3.17. The normalized spacial score (nSPS) is 11.9. The molecule has 0 fully saturated rings. The number of nitrogens with one attached hydrogen (secondary N) is 1. The third-order valence-corrected chi connectivity index (χ3v) is 4.89. The van der Waals surface area contributed by atoms with Crippen molar-refractivity contribution in [3.05, 3.63) is 46.8 Å². The molecule has 0 amide bonds. The van der Waals surface area contributed by atoms with Crippen LogP contribution in [-0.2, 0) is 23.1 Å². The van der Waals surface area contributed by atoms with E-state index in [4.69, 9.17) is 0 Å². The van der Waals surface area contributed by atoms with Gasteiger partial charge in [0.1, 0.15) is 16.5 Å². The van der Waals surface area contributed by atoms with Gasteiger partial charge in [0.25, 0.3) is 0 Å². The van der Waals surface area contributed by atoms with Crippen molar-refractivity contribution in [3.63, 3.8) is 0 Å². The molecule has 22 heavy (non-hydrogen) atoms. The van der Waals surface area contributed by atoms with Crippen LogP contribution in [0.4, 0.5) is 8.78 Å². The highest BCUT2D eigenvalue weighted by Crippen LogP contribution is 2.17. The molecule has 5 nitrogen and oxygen atoms in total. The first kappa shape index (κ1) is 16.6. The minimum Gasteiger partial charge on any atom is -0.270 e. The molecule has 1 heterocycles. The topological polar surface area (TPSA) is 64.0 Å². The molecule has 0 atom stereocenters. The van der Waals surface area contributed by atoms with Crippen molar-refractivity contribution >= 4 is 10.0 Å². The molecule has 0 bridgehead atoms. The molecule has 2 aromatic rings. The molecule has 0 saturated carbocycles. The lowest BCUT2D eigenvalue weighted by Gasteiger charge is -2.08. The predicted molar refractivity (Wildman–Crippen MR) is 77.8 cm³/mol. The fourth-order valence-corrected chi connectivity index (χ4v) is 3.29. The quantitative estimate of drug-likeness (QED) is 0.915. The zero-order valence-electron chi connectivity index (χ0n) is 12.5. The van der Waals surface area contributed by atoms with E-state index in [0.29, 0.717) is 18.3 Å². The van der Waals surface area contributed by atoms with Gasteiger partial charge in [-0.1, -0.05) is 0 Å². The summed E-state index contributed by atoms with van der Waals surface area (Å²) in [6.45, 7) is 6.22. The molecule has 0 aliphatic rings. The molecule has 1 aromatic carbocycles. The summed E-state index contributed by atoms with van der Waals surface area (Å²) in [5.74, 6) is -1.95. The monoisotopic (exact) mass is 329 g/mol. The van der Waals surface area contributed by atoms with Gasteiger partial charge in [0.2, 0.25) is 10.0 Å². The summed E-state index contributed by atoms with van der Waals surface area (Å²) >= 11 is 0. The summed E-state index contributed by atoms with van der Waals surface area (Å²) in [4.78, 5) is -0.577. The van der Waals surface area contributed by atoms with E-state index in [-0.39, 0.29) is 6.54 Å². The molecule has 2 rings (SSSR count). The van der Waals surface area contributed by atoms with Gasteiger partial charge in [-0.05, 0) is 32.9 Å². The van der Waals surface area contributed by atoms with Crippen molar-refractivity contribution in [2.24, 2.45) is 0 Å². The van der Waals surface area contributed by atoms with Crippen LogP contribution in [0.15, 0.2) is 23.1 Å². The van der Waals surface area contributed by atoms with Crippen LogP contribution >= 0.6 is 0 Å². The summed E-state index contributed by atoms with van der Waals surface area (Å²) in [5, 5.41) is 4.29. The van der Waals surface area contributed by atoms with E-state index in [2.05, 4.69) is 9.82 Å². The number of aromatic nitrogens is 2. The van der Waals surface area contributed by atoms with Crippen molar-refractivity contribution in [2.75, 3.05) is 0 Å². The Labute approximate surface area is 128 Å². The highest BCUT2D eigenvalue weighted by molar-refractivity contribution is 7.89. The molecule has 8 heteroatoms. The number of rotatable bonds is 5. The lowest BCUT2D eigenvalue weighted by molar-refractivity contribution is 0.543. The third-order valence-electron chi connectivity index (χ3n) is 3.45. The van der Waals surface area contributed by atoms with Crippen LogP contribution in [-0.4, -0.2) is 18.2 Å². The Bertz CT molecular complexity index is 801. The molecule has 0 unspecified atom stereocenters. The van der Waals surface area contributed by atoms with Gasteiger partial charge in [-0.15, -0.1) is 0 Å². The van der Waals surface area contributed by atoms with Crippen LogP contribution in [0.3, 0.4) is 0 Å². The maximum atomic E-state index is 13.6. The molecule has 0 aliphatic carbocycles. The first-order valence-corrected chi connectivity index (χ1v) is 8.22. The van der Waals surface area contributed by atoms with E-state index in [1.165, 1.54) is 0 Å². The first-order valence-electron chi connectivity index (χ1n) is 6.74. The molecule has 1 N–H and O–H groups in total. The smallest absolute Gasteiger partial charge is 0.243 e. The standard InChI is InChI=1S/C14H17F2N3O2S/c1-4-19-10(3)12(9(2)18-19)8-17-22(20,21)14-6-5-11(15)7-13(14)16/h5-7,17H,4,8H2,1-3H3. The Morgan fingerprint density at radius 3 is 2.50 bits per heavy atom. The summed E-state index contributed by atoms with van der Waals surface area (Å²) in [6, 6.07) is 2.35. The lowest BCUT2D eigenvalue weighted by atomic mass is 10.2. The van der Waals surface area contributed by atoms with Gasteiger partial charge in [-0.2, -0.15) is 5.10 Å². The van der Waals surface area contributed by atoms with Crippen LogP contribution in [0, 0.1) is 25.5 Å². The van der Waals surface area contributed by atoms with Crippen molar-refractivity contribution in [1.29, 1.82) is 0 Å². The van der Waals surface area contributed by atoms with E-state index in [9.17, 15) is 17.2 Å². The van der Waals surface area contributed by atoms with Crippen molar-refractivity contribution in [3.8, 4) is 0 Å². The lowest BCUT2D eigenvalue weighted by Crippen LogP contribution is -2.24. The van der Waals surface area contributed by atoms with Crippen LogP contribution in [0.5, 0.6) is 0 Å². The highest BCUT2D eigenvalue weighted by Gasteiger charge is 2.21. The minimum atomic E-state index is -4.07. The van der Waals surface area contributed by atoms with Gasteiger partial charge in [-0.3, -0.25) is 4.68 Å². The Kier molecular flexibility index (Phi) is 4.62. The number of hydrogen-bond donors (Lipinski definition) is 1. The van der Waals surface area contributed by atoms with E-state index in [1.807, 2.05) is 13.8 Å². The van der Waals surface area contributed by atoms with Gasteiger partial charge in [-0.25, -0.2) is 21.9 Å². The second-order valence-corrected chi connectivity index (χ2v) is 6.60. The number of nitrogens with zero attached hydrogens (tertiary/aromatic N) is 2. The average molecular weight is 329 g/mol. The molecule has 0 spiro atoms. The summed E-state index contributed by atoms with van der Waals surface area (Å²) < 4.78 is 54.8. The number of aryl methyl sites for hydroxylation is 2. The molecular formula is C14H17F2N3O2S. The fraction of sp³-hybridized carbons (Fsp3) is 0.357. The van der Waals surface area contributed by atoms with E-state index >= 15 is 0 Å². The second-order valence-electron chi connectivity index (χ2n) is 4.86. The number of hydrogen-bond acceptors (Lipinski definition) is 3. The van der Waals surface area contributed by atoms with E-state index < -0.39 is 26.6 Å². The molecule has 0 aliphatic heterocycles. The summed E-state index contributed by atoms with van der Waals surface area (Å²) in [7, 11) is -4.07. The Hall–Kier alpha value is -1.80. The van der Waals surface area contributed by atoms with Crippen molar-refractivity contribution in [2.45, 2.75) is 38.8 Å². The number of halogens is 2. The van der Waals surface area contributed by atoms with Gasteiger partial charge in [0, 0.05) is 30.4 Å². The second kappa shape index (κ2) is 6.13. The Balaban J connectivity index is 2.25. The van der Waals surface area contributed by atoms with Gasteiger partial charge >= 0.3 is 0 Å². The summed E-state index contributed by atoms with van der Waals surface area (Å²) in [5.41, 5.74) is 2.30. The van der Waals surface area contributed by atoms with Gasteiger partial charge in [0.15, 0.2) is 0 Å². The maximum Gasteiger partial charge on any atom is 0.243 e. The molecule has 1 aromatic heterocycles. The van der Waals surface area contributed by atoms with Crippen LogP contribution in [0.1, 0.15) is 23.9 Å². The zero-order chi connectivity index (χ0) is 16.5. The van der Waals surface area contributed by atoms with Crippen LogP contribution < -0.4 is 4.72 Å². The van der Waals surface area contributed by atoms with Crippen LogP contribution in [0.25, 0.3) is 0 Å². The molecule has 120 valence electrons. The minimum absolute atomic E-state index is 0.00316. The average Bonchev–Trinajstić information content (AvgIpc) is 2.70. The largest absolute Gasteiger partial charge is 0.270 e. The molecule has 0 radical (unpaired) electrons. The predicted octanol–water partition coefficient (Wildman–Crippen LogP) is 2.28. The first-order chi connectivity index (χ1) is 10.3. The number of sulfonamides is 1. The van der Waals surface area contributed by atoms with Gasteiger partial charge in [0.05, 0.1) is 5.69 Å². The Morgan fingerprint density at radius 1 is 1.27 bits per heavy atom. The molecular weight excluding hydrogens is 312 g/mol. The highest BCUT2D eigenvalue weighted by atomic mass is 32.2. The van der Waals surface area contributed by atoms with Crippen molar-refractivity contribution < 1.29 is 17.2 Å². The number of benzene rings is 1. The van der Waals surface area contributed by atoms with E-state index in [1.54, 1.807) is 11.6 Å². The van der Waals surface area contributed by atoms with Crippen molar-refractivity contribution in [1.82, 2.24) is 14.5 Å². The maximum absolute atomic E-state index is 13.6. The zero-order valence-corrected chi connectivity index (χ0v) is 13.3. The van der Waals surface area contributed by atoms with Gasteiger partial charge < -0.3 is 0 Å². The fourth-order valence-electron chi connectivity index (χ4n) is 2.24. The summed E-state index contributed by atoms with van der Waals surface area (Å²) in [6.07, 6.45) is 0. The SMILES string of the molecule is CCn1nc(C)c(CNS(=O)(=O)c2ccc(F)cc2F)c1C. The Morgan fingerprint density at radius 2 is 1.95 bits per heavy atom. The molecule has 0 saturated heterocycles. The van der Waals surface area contributed by atoms with E-state index in [0.717, 1.165) is 23.4 Å².